The number of halogens is 1. The summed E-state index contributed by atoms with van der Waals surface area (Å²) in [5.74, 6) is 0. The molecule has 0 aliphatic carbocycles. The molecule has 0 N–H and O–H groups in total. The molecular formula is C18H25BrSb. The van der Waals surface area contributed by atoms with Crippen LogP contribution in [0.3, 0.4) is 0 Å². The van der Waals surface area contributed by atoms with Crippen LogP contribution in [0.1, 0.15) is 41.5 Å². The van der Waals surface area contributed by atoms with E-state index in [1.807, 2.05) is 0 Å². The van der Waals surface area contributed by atoms with Crippen molar-refractivity contribution in [3.63, 3.8) is 0 Å². The average Bonchev–Trinajstić information content (AvgIpc) is 2.26. The number of rotatable bonds is 4. The van der Waals surface area contributed by atoms with E-state index in [4.69, 9.17) is 0 Å². The summed E-state index contributed by atoms with van der Waals surface area (Å²) in [6, 6.07) is 8.69. The van der Waals surface area contributed by atoms with E-state index >= 15 is 0 Å². The summed E-state index contributed by atoms with van der Waals surface area (Å²) in [6.07, 6.45) is 0. The van der Waals surface area contributed by atoms with Gasteiger partial charge >= 0.3 is 137 Å². The Bertz CT molecular complexity index is 507. The van der Waals surface area contributed by atoms with Gasteiger partial charge in [0.1, 0.15) is 0 Å². The molecule has 109 valence electrons. The Hall–Kier alpha value is -0.262. The molecule has 1 radical (unpaired) electrons. The van der Waals surface area contributed by atoms with Crippen molar-refractivity contribution < 1.29 is 0 Å². The van der Waals surface area contributed by atoms with Gasteiger partial charge in [-0.25, -0.2) is 0 Å². The standard InChI is InChI=1S/C6H4Br.3C4H7.Sb/c7-6-4-2-1-3-5-6;3*1-4(2)3;/h1-4H;3*1H,2-3H3;. The van der Waals surface area contributed by atoms with E-state index in [-0.39, 0.29) is 0 Å². The molecule has 0 saturated carbocycles. The first-order valence-electron chi connectivity index (χ1n) is 6.88. The monoisotopic (exact) mass is 441 g/mol. The maximum absolute atomic E-state index is 3.76. The molecule has 0 heterocycles. The van der Waals surface area contributed by atoms with Crippen LogP contribution >= 0.6 is 15.9 Å². The molecule has 0 saturated heterocycles. The summed E-state index contributed by atoms with van der Waals surface area (Å²) in [5, 5.41) is 0. The van der Waals surface area contributed by atoms with Crippen molar-refractivity contribution in [3.8, 4) is 0 Å². The number of benzene rings is 1. The normalized spacial score (nSPS) is 10.8. The molecule has 0 spiro atoms. The summed E-state index contributed by atoms with van der Waals surface area (Å²) >= 11 is 1.05. The minimum atomic E-state index is -2.71. The Labute approximate surface area is 136 Å². The first kappa shape index (κ1) is 17.8. The molecule has 0 bridgehead atoms. The van der Waals surface area contributed by atoms with Crippen LogP contribution in [0.25, 0.3) is 0 Å². The molecule has 0 atom stereocenters. The van der Waals surface area contributed by atoms with Gasteiger partial charge in [0.25, 0.3) is 0 Å². The molecule has 20 heavy (non-hydrogen) atoms. The Morgan fingerprint density at radius 3 is 1.55 bits per heavy atom. The number of hydrogen-bond acceptors (Lipinski definition) is 0. The molecule has 0 aliphatic heterocycles. The second kappa shape index (κ2) is 7.66. The van der Waals surface area contributed by atoms with Crippen LogP contribution in [0.2, 0.25) is 0 Å². The second-order valence-corrected chi connectivity index (χ2v) is 15.1. The van der Waals surface area contributed by atoms with E-state index in [2.05, 4.69) is 93.8 Å². The van der Waals surface area contributed by atoms with Gasteiger partial charge in [-0.15, -0.1) is 0 Å². The Balaban J connectivity index is 3.70. The van der Waals surface area contributed by atoms with Crippen molar-refractivity contribution in [3.05, 3.63) is 57.5 Å². The first-order valence-corrected chi connectivity index (χ1v) is 13.4. The summed E-state index contributed by atoms with van der Waals surface area (Å²) < 4.78 is 10.3. The topological polar surface area (TPSA) is 0 Å². The van der Waals surface area contributed by atoms with Gasteiger partial charge in [-0.2, -0.15) is 0 Å². The van der Waals surface area contributed by atoms with Crippen LogP contribution in [-0.2, 0) is 0 Å². The zero-order valence-electron chi connectivity index (χ0n) is 13.4. The molecule has 0 amide bonds. The Morgan fingerprint density at radius 1 is 0.800 bits per heavy atom. The van der Waals surface area contributed by atoms with Gasteiger partial charge in [-0.1, -0.05) is 0 Å². The second-order valence-electron chi connectivity index (χ2n) is 5.91. The van der Waals surface area contributed by atoms with E-state index < -0.39 is 18.8 Å². The fourth-order valence-corrected chi connectivity index (χ4v) is 16.1. The molecule has 0 nitrogen and oxygen atoms in total. The molecule has 1 rings (SSSR count). The van der Waals surface area contributed by atoms with E-state index in [1.54, 1.807) is 0 Å². The number of hydrogen-bond donors (Lipinski definition) is 0. The molecule has 1 aromatic carbocycles. The van der Waals surface area contributed by atoms with Crippen molar-refractivity contribution in [2.75, 3.05) is 0 Å². The average molecular weight is 443 g/mol. The van der Waals surface area contributed by atoms with Crippen molar-refractivity contribution in [1.82, 2.24) is 0 Å². The summed E-state index contributed by atoms with van der Waals surface area (Å²) in [5.41, 5.74) is 4.21. The summed E-state index contributed by atoms with van der Waals surface area (Å²) in [6.45, 7) is 13.2. The van der Waals surface area contributed by atoms with Gasteiger partial charge < -0.3 is 0 Å². The molecule has 1 aromatic rings. The van der Waals surface area contributed by atoms with E-state index in [1.165, 1.54) is 24.7 Å². The van der Waals surface area contributed by atoms with E-state index in [0.29, 0.717) is 0 Å². The van der Waals surface area contributed by atoms with Gasteiger partial charge in [0.05, 0.1) is 0 Å². The number of allylic oxidation sites excluding steroid dienone is 3. The molecule has 0 unspecified atom stereocenters. The van der Waals surface area contributed by atoms with Crippen molar-refractivity contribution in [2.45, 2.75) is 41.5 Å². The molecule has 2 heteroatoms. The van der Waals surface area contributed by atoms with E-state index in [0.717, 1.165) is 0 Å². The Morgan fingerprint density at radius 2 is 1.20 bits per heavy atom. The maximum atomic E-state index is 3.76. The first-order chi connectivity index (χ1) is 9.27. The van der Waals surface area contributed by atoms with Crippen LogP contribution in [0.15, 0.2) is 57.5 Å². The van der Waals surface area contributed by atoms with Crippen LogP contribution in [-0.4, -0.2) is 18.8 Å². The van der Waals surface area contributed by atoms with Gasteiger partial charge in [0.15, 0.2) is 0 Å². The van der Waals surface area contributed by atoms with Crippen LogP contribution in [0, 0.1) is 0 Å². The molecule has 0 aliphatic rings. The van der Waals surface area contributed by atoms with Gasteiger partial charge in [-0.3, -0.25) is 0 Å². The van der Waals surface area contributed by atoms with Gasteiger partial charge in [0.2, 0.25) is 0 Å². The SMILES string of the molecule is CC(C)=[CH][Sb]([CH]=C(C)C)([CH]=C(C)C)[c]1ccccc1Br. The van der Waals surface area contributed by atoms with Gasteiger partial charge in [0, 0.05) is 0 Å². The molecular weight excluding hydrogens is 418 g/mol. The predicted molar refractivity (Wildman–Crippen MR) is 97.8 cm³/mol. The quantitative estimate of drug-likeness (QED) is 0.531. The fourth-order valence-electron chi connectivity index (χ4n) is 2.37. The zero-order valence-corrected chi connectivity index (χ0v) is 17.5. The van der Waals surface area contributed by atoms with Crippen molar-refractivity contribution in [1.29, 1.82) is 0 Å². The third-order valence-electron chi connectivity index (χ3n) is 2.69. The van der Waals surface area contributed by atoms with Gasteiger partial charge in [-0.05, 0) is 0 Å². The Kier molecular flexibility index (Phi) is 6.82. The third kappa shape index (κ3) is 4.93. The summed E-state index contributed by atoms with van der Waals surface area (Å²) in [7, 11) is 0. The summed E-state index contributed by atoms with van der Waals surface area (Å²) in [4.78, 5) is 0. The third-order valence-corrected chi connectivity index (χ3v) is 15.9. The molecule has 0 fully saturated rings. The minimum absolute atomic E-state index is 1.23. The van der Waals surface area contributed by atoms with Crippen LogP contribution in [0.5, 0.6) is 0 Å². The van der Waals surface area contributed by atoms with Crippen molar-refractivity contribution in [2.24, 2.45) is 0 Å². The predicted octanol–water partition coefficient (Wildman–Crippen LogP) is 5.62. The van der Waals surface area contributed by atoms with Crippen LogP contribution < -0.4 is 3.51 Å². The van der Waals surface area contributed by atoms with Crippen molar-refractivity contribution >= 4 is 38.2 Å². The zero-order chi connectivity index (χ0) is 15.3. The molecule has 0 aromatic heterocycles. The van der Waals surface area contributed by atoms with E-state index in [9.17, 15) is 0 Å². The van der Waals surface area contributed by atoms with Crippen LogP contribution in [0.4, 0.5) is 0 Å². The fraction of sp³-hybridized carbons (Fsp3) is 0.333.